The van der Waals surface area contributed by atoms with E-state index in [1.54, 1.807) is 0 Å². The molecule has 15 heavy (non-hydrogen) atoms. The molecular formula is C11H11BrINO. The van der Waals surface area contributed by atoms with Gasteiger partial charge in [-0.05, 0) is 52.8 Å². The fourth-order valence-electron chi connectivity index (χ4n) is 1.76. The molecular weight excluding hydrogens is 369 g/mol. The highest BCUT2D eigenvalue weighted by Gasteiger charge is 2.29. The number of benzene rings is 1. The van der Waals surface area contributed by atoms with Crippen molar-refractivity contribution in [2.45, 2.75) is 6.42 Å². The molecule has 0 saturated carbocycles. The zero-order chi connectivity index (χ0) is 10.8. The third-order valence-corrected chi connectivity index (χ3v) is 4.20. The van der Waals surface area contributed by atoms with Crippen molar-refractivity contribution in [1.82, 2.24) is 0 Å². The van der Waals surface area contributed by atoms with E-state index < -0.39 is 0 Å². The van der Waals surface area contributed by atoms with Crippen LogP contribution >= 0.6 is 38.5 Å². The van der Waals surface area contributed by atoms with E-state index in [0.29, 0.717) is 12.3 Å². The van der Waals surface area contributed by atoms with Gasteiger partial charge in [0.05, 0.1) is 0 Å². The van der Waals surface area contributed by atoms with Crippen LogP contribution in [-0.4, -0.2) is 17.8 Å². The summed E-state index contributed by atoms with van der Waals surface area (Å²) in [6, 6.07) is 8.09. The maximum atomic E-state index is 11.7. The van der Waals surface area contributed by atoms with Crippen LogP contribution in [-0.2, 0) is 4.79 Å². The van der Waals surface area contributed by atoms with Crippen LogP contribution in [0.3, 0.4) is 0 Å². The standard InChI is InChI=1S/C11H11BrINO/c12-6-8-5-11(15)14(7-8)10-3-1-9(13)2-4-10/h1-4,8H,5-7H2. The number of carbonyl (C=O) groups is 1. The zero-order valence-electron chi connectivity index (χ0n) is 8.12. The molecule has 1 aliphatic heterocycles. The Labute approximate surface area is 111 Å². The molecule has 0 bridgehead atoms. The van der Waals surface area contributed by atoms with Crippen molar-refractivity contribution < 1.29 is 4.79 Å². The molecule has 1 saturated heterocycles. The van der Waals surface area contributed by atoms with Gasteiger partial charge < -0.3 is 4.90 Å². The number of carbonyl (C=O) groups excluding carboxylic acids is 1. The SMILES string of the molecule is O=C1CC(CBr)CN1c1ccc(I)cc1. The average Bonchev–Trinajstić information content (AvgIpc) is 2.61. The fraction of sp³-hybridized carbons (Fsp3) is 0.364. The summed E-state index contributed by atoms with van der Waals surface area (Å²) in [5.41, 5.74) is 1.02. The molecule has 1 aromatic rings. The average molecular weight is 380 g/mol. The number of nitrogens with zero attached hydrogens (tertiary/aromatic N) is 1. The molecule has 1 aliphatic rings. The second kappa shape index (κ2) is 4.82. The van der Waals surface area contributed by atoms with Gasteiger partial charge in [-0.15, -0.1) is 0 Å². The van der Waals surface area contributed by atoms with Crippen molar-refractivity contribution in [3.63, 3.8) is 0 Å². The normalized spacial score (nSPS) is 21.1. The van der Waals surface area contributed by atoms with Gasteiger partial charge in [-0.3, -0.25) is 4.79 Å². The molecule has 0 spiro atoms. The molecule has 1 heterocycles. The molecule has 0 N–H and O–H groups in total. The van der Waals surface area contributed by atoms with Crippen LogP contribution in [0.15, 0.2) is 24.3 Å². The largest absolute Gasteiger partial charge is 0.312 e. The zero-order valence-corrected chi connectivity index (χ0v) is 11.9. The first-order chi connectivity index (χ1) is 7.20. The van der Waals surface area contributed by atoms with Crippen LogP contribution in [0.4, 0.5) is 5.69 Å². The van der Waals surface area contributed by atoms with E-state index in [4.69, 9.17) is 0 Å². The third kappa shape index (κ3) is 2.53. The monoisotopic (exact) mass is 379 g/mol. The van der Waals surface area contributed by atoms with Crippen molar-refractivity contribution in [3.8, 4) is 0 Å². The molecule has 80 valence electrons. The van der Waals surface area contributed by atoms with Crippen LogP contribution in [0.1, 0.15) is 6.42 Å². The Morgan fingerprint density at radius 3 is 2.60 bits per heavy atom. The van der Waals surface area contributed by atoms with E-state index in [1.165, 1.54) is 3.57 Å². The van der Waals surface area contributed by atoms with Gasteiger partial charge in [0, 0.05) is 27.6 Å². The lowest BCUT2D eigenvalue weighted by molar-refractivity contribution is -0.117. The summed E-state index contributed by atoms with van der Waals surface area (Å²) in [5, 5.41) is 0.902. The Morgan fingerprint density at radius 1 is 1.40 bits per heavy atom. The highest BCUT2D eigenvalue weighted by atomic mass is 127. The number of hydrogen-bond acceptors (Lipinski definition) is 1. The first kappa shape index (κ1) is 11.4. The Morgan fingerprint density at radius 2 is 2.07 bits per heavy atom. The molecule has 1 atom stereocenters. The highest BCUT2D eigenvalue weighted by molar-refractivity contribution is 14.1. The van der Waals surface area contributed by atoms with E-state index in [-0.39, 0.29) is 5.91 Å². The minimum Gasteiger partial charge on any atom is -0.312 e. The summed E-state index contributed by atoms with van der Waals surface area (Å²) in [7, 11) is 0. The molecule has 1 unspecified atom stereocenters. The van der Waals surface area contributed by atoms with Gasteiger partial charge in [-0.2, -0.15) is 0 Å². The molecule has 2 rings (SSSR count). The summed E-state index contributed by atoms with van der Waals surface area (Å²) < 4.78 is 1.19. The van der Waals surface area contributed by atoms with Crippen LogP contribution in [0.25, 0.3) is 0 Å². The van der Waals surface area contributed by atoms with Crippen molar-refractivity contribution in [3.05, 3.63) is 27.8 Å². The van der Waals surface area contributed by atoms with Gasteiger partial charge in [-0.1, -0.05) is 15.9 Å². The predicted molar refractivity (Wildman–Crippen MR) is 73.4 cm³/mol. The second-order valence-corrected chi connectivity index (χ2v) is 5.60. The number of halogens is 2. The second-order valence-electron chi connectivity index (χ2n) is 3.71. The van der Waals surface area contributed by atoms with E-state index in [0.717, 1.165) is 17.6 Å². The molecule has 4 heteroatoms. The lowest BCUT2D eigenvalue weighted by Crippen LogP contribution is -2.24. The number of alkyl halides is 1. The first-order valence-corrected chi connectivity index (χ1v) is 7.02. The van der Waals surface area contributed by atoms with Crippen molar-refractivity contribution in [2.75, 3.05) is 16.8 Å². The maximum absolute atomic E-state index is 11.7. The number of anilines is 1. The predicted octanol–water partition coefficient (Wildman–Crippen LogP) is 3.04. The summed E-state index contributed by atoms with van der Waals surface area (Å²) in [5.74, 6) is 0.692. The van der Waals surface area contributed by atoms with Gasteiger partial charge >= 0.3 is 0 Å². The molecule has 0 radical (unpaired) electrons. The van der Waals surface area contributed by atoms with Crippen LogP contribution < -0.4 is 4.90 Å². The molecule has 0 aliphatic carbocycles. The highest BCUT2D eigenvalue weighted by Crippen LogP contribution is 2.26. The van der Waals surface area contributed by atoms with Gasteiger partial charge in [0.2, 0.25) is 5.91 Å². The van der Waals surface area contributed by atoms with Gasteiger partial charge in [0.15, 0.2) is 0 Å². The molecule has 0 aromatic heterocycles. The smallest absolute Gasteiger partial charge is 0.227 e. The maximum Gasteiger partial charge on any atom is 0.227 e. The Kier molecular flexibility index (Phi) is 3.66. The number of rotatable bonds is 2. The Hall–Kier alpha value is -0.100. The molecule has 2 nitrogen and oxygen atoms in total. The first-order valence-electron chi connectivity index (χ1n) is 4.82. The summed E-state index contributed by atoms with van der Waals surface area (Å²) in [6.45, 7) is 0.838. The summed E-state index contributed by atoms with van der Waals surface area (Å²) >= 11 is 5.70. The van der Waals surface area contributed by atoms with Crippen LogP contribution in [0.5, 0.6) is 0 Å². The van der Waals surface area contributed by atoms with Crippen LogP contribution in [0, 0.1) is 9.49 Å². The lowest BCUT2D eigenvalue weighted by atomic mass is 10.2. The fourth-order valence-corrected chi connectivity index (χ4v) is 2.55. The topological polar surface area (TPSA) is 20.3 Å². The Balaban J connectivity index is 2.18. The van der Waals surface area contributed by atoms with E-state index in [1.807, 2.05) is 29.2 Å². The van der Waals surface area contributed by atoms with Gasteiger partial charge in [0.25, 0.3) is 0 Å². The van der Waals surface area contributed by atoms with E-state index in [2.05, 4.69) is 38.5 Å². The van der Waals surface area contributed by atoms with E-state index in [9.17, 15) is 4.79 Å². The third-order valence-electron chi connectivity index (χ3n) is 2.56. The Bertz CT molecular complexity index is 365. The minimum absolute atomic E-state index is 0.237. The van der Waals surface area contributed by atoms with Crippen LogP contribution in [0.2, 0.25) is 0 Å². The lowest BCUT2D eigenvalue weighted by Gasteiger charge is -2.16. The number of amides is 1. The molecule has 1 aromatic carbocycles. The summed E-state index contributed by atoms with van der Waals surface area (Å²) in [6.07, 6.45) is 0.664. The van der Waals surface area contributed by atoms with Crippen molar-refractivity contribution in [2.24, 2.45) is 5.92 Å². The summed E-state index contributed by atoms with van der Waals surface area (Å²) in [4.78, 5) is 13.6. The van der Waals surface area contributed by atoms with Gasteiger partial charge in [-0.25, -0.2) is 0 Å². The van der Waals surface area contributed by atoms with Crippen molar-refractivity contribution >= 4 is 50.1 Å². The minimum atomic E-state index is 0.237. The van der Waals surface area contributed by atoms with Crippen molar-refractivity contribution in [1.29, 1.82) is 0 Å². The molecule has 1 fully saturated rings. The molecule has 1 amide bonds. The number of hydrogen-bond donors (Lipinski definition) is 0. The quantitative estimate of drug-likeness (QED) is 0.571. The van der Waals surface area contributed by atoms with Gasteiger partial charge in [0.1, 0.15) is 0 Å². The van der Waals surface area contributed by atoms with E-state index >= 15 is 0 Å².